The van der Waals surface area contributed by atoms with E-state index in [2.05, 4.69) is 10.3 Å². The van der Waals surface area contributed by atoms with Gasteiger partial charge in [0.05, 0.1) is 6.54 Å². The first-order chi connectivity index (χ1) is 8.74. The van der Waals surface area contributed by atoms with Crippen molar-refractivity contribution in [3.05, 3.63) is 48.3 Å². The minimum atomic E-state index is -0.486. The van der Waals surface area contributed by atoms with Crippen LogP contribution in [-0.2, 0) is 11.3 Å². The molecule has 2 rings (SSSR count). The molecule has 1 heterocycles. The summed E-state index contributed by atoms with van der Waals surface area (Å²) < 4.78 is 5.22. The Kier molecular flexibility index (Phi) is 3.86. The fraction of sp³-hybridized carbons (Fsp3) is 0.154. The van der Waals surface area contributed by atoms with E-state index in [-0.39, 0.29) is 6.61 Å². The Balaban J connectivity index is 1.92. The number of carbonyl (C=O) groups is 1. The van der Waals surface area contributed by atoms with Gasteiger partial charge in [-0.15, -0.1) is 0 Å². The fourth-order valence-corrected chi connectivity index (χ4v) is 1.53. The second-order valence-corrected chi connectivity index (χ2v) is 3.83. The van der Waals surface area contributed by atoms with Gasteiger partial charge < -0.3 is 20.8 Å². The van der Waals surface area contributed by atoms with Crippen LogP contribution in [0, 0.1) is 0 Å². The van der Waals surface area contributed by atoms with E-state index in [1.807, 2.05) is 36.5 Å². The molecule has 0 unspecified atom stereocenters. The van der Waals surface area contributed by atoms with Gasteiger partial charge in [-0.2, -0.15) is 0 Å². The Labute approximate surface area is 105 Å². The number of ether oxygens (including phenoxy) is 1. The topological polar surface area (TPSA) is 80.1 Å². The number of nitrogens with two attached hydrogens (primary N) is 1. The zero-order chi connectivity index (χ0) is 12.8. The quantitative estimate of drug-likeness (QED) is 0.721. The van der Waals surface area contributed by atoms with Crippen LogP contribution in [0.3, 0.4) is 0 Å². The maximum absolute atomic E-state index is 10.6. The van der Waals surface area contributed by atoms with Crippen molar-refractivity contribution in [1.29, 1.82) is 0 Å². The predicted octanol–water partition coefficient (Wildman–Crippen LogP) is 1.49. The SMILES string of the molecule is NC(=O)COc1cccc(NCc2ccc[nH]2)c1. The number of nitrogens with one attached hydrogen (secondary N) is 2. The number of hydrogen-bond donors (Lipinski definition) is 3. The van der Waals surface area contributed by atoms with Crippen LogP contribution in [0.2, 0.25) is 0 Å². The number of anilines is 1. The van der Waals surface area contributed by atoms with Crippen molar-refractivity contribution < 1.29 is 9.53 Å². The summed E-state index contributed by atoms with van der Waals surface area (Å²) in [5, 5.41) is 3.25. The molecule has 0 radical (unpaired) electrons. The largest absolute Gasteiger partial charge is 0.484 e. The molecule has 94 valence electrons. The summed E-state index contributed by atoms with van der Waals surface area (Å²) in [5.74, 6) is 0.130. The lowest BCUT2D eigenvalue weighted by Crippen LogP contribution is -2.20. The van der Waals surface area contributed by atoms with Crippen molar-refractivity contribution in [3.8, 4) is 5.75 Å². The van der Waals surface area contributed by atoms with Crippen LogP contribution in [-0.4, -0.2) is 17.5 Å². The number of aromatic nitrogens is 1. The van der Waals surface area contributed by atoms with E-state index in [1.54, 1.807) is 6.07 Å². The van der Waals surface area contributed by atoms with E-state index < -0.39 is 5.91 Å². The maximum Gasteiger partial charge on any atom is 0.255 e. The van der Waals surface area contributed by atoms with Gasteiger partial charge in [0, 0.05) is 23.6 Å². The van der Waals surface area contributed by atoms with Crippen molar-refractivity contribution >= 4 is 11.6 Å². The number of H-pyrrole nitrogens is 1. The molecule has 0 aliphatic rings. The molecule has 5 heteroatoms. The van der Waals surface area contributed by atoms with Gasteiger partial charge in [-0.25, -0.2) is 0 Å². The lowest BCUT2D eigenvalue weighted by atomic mass is 10.3. The minimum Gasteiger partial charge on any atom is -0.484 e. The molecule has 2 aromatic rings. The van der Waals surface area contributed by atoms with Gasteiger partial charge in [0.1, 0.15) is 5.75 Å². The van der Waals surface area contributed by atoms with Crippen molar-refractivity contribution in [2.75, 3.05) is 11.9 Å². The first kappa shape index (κ1) is 12.0. The highest BCUT2D eigenvalue weighted by Crippen LogP contribution is 2.17. The smallest absolute Gasteiger partial charge is 0.255 e. The van der Waals surface area contributed by atoms with E-state index in [1.165, 1.54) is 0 Å². The highest BCUT2D eigenvalue weighted by molar-refractivity contribution is 5.75. The standard InChI is InChI=1S/C13H15N3O2/c14-13(17)9-18-12-5-1-3-10(7-12)16-8-11-4-2-6-15-11/h1-7,15-16H,8-9H2,(H2,14,17). The van der Waals surface area contributed by atoms with Crippen molar-refractivity contribution in [1.82, 2.24) is 4.98 Å². The van der Waals surface area contributed by atoms with Gasteiger partial charge in [0.15, 0.2) is 6.61 Å². The molecule has 5 nitrogen and oxygen atoms in total. The van der Waals surface area contributed by atoms with Gasteiger partial charge in [-0.3, -0.25) is 4.79 Å². The Hall–Kier alpha value is -2.43. The summed E-state index contributed by atoms with van der Waals surface area (Å²) >= 11 is 0. The second kappa shape index (κ2) is 5.77. The fourth-order valence-electron chi connectivity index (χ4n) is 1.53. The summed E-state index contributed by atoms with van der Waals surface area (Å²) in [6.07, 6.45) is 1.88. The molecule has 1 aromatic carbocycles. The zero-order valence-corrected chi connectivity index (χ0v) is 9.85. The van der Waals surface area contributed by atoms with E-state index in [0.717, 1.165) is 11.4 Å². The number of aromatic amines is 1. The second-order valence-electron chi connectivity index (χ2n) is 3.83. The number of benzene rings is 1. The molecular formula is C13H15N3O2. The van der Waals surface area contributed by atoms with Gasteiger partial charge in [-0.05, 0) is 24.3 Å². The third kappa shape index (κ3) is 3.55. The van der Waals surface area contributed by atoms with E-state index in [0.29, 0.717) is 12.3 Å². The molecule has 1 amide bonds. The van der Waals surface area contributed by atoms with Gasteiger partial charge >= 0.3 is 0 Å². The number of primary amides is 1. The molecule has 0 spiro atoms. The van der Waals surface area contributed by atoms with Crippen LogP contribution in [0.4, 0.5) is 5.69 Å². The third-order valence-corrected chi connectivity index (χ3v) is 2.36. The molecule has 0 saturated carbocycles. The van der Waals surface area contributed by atoms with Crippen LogP contribution in [0.5, 0.6) is 5.75 Å². The van der Waals surface area contributed by atoms with E-state index in [9.17, 15) is 4.79 Å². The Morgan fingerprint density at radius 3 is 2.94 bits per heavy atom. The summed E-state index contributed by atoms with van der Waals surface area (Å²) in [4.78, 5) is 13.7. The molecule has 1 aromatic heterocycles. The molecule has 4 N–H and O–H groups in total. The average molecular weight is 245 g/mol. The summed E-state index contributed by atoms with van der Waals surface area (Å²) in [7, 11) is 0. The number of hydrogen-bond acceptors (Lipinski definition) is 3. The van der Waals surface area contributed by atoms with Crippen LogP contribution in [0.1, 0.15) is 5.69 Å². The number of amides is 1. The average Bonchev–Trinajstić information content (AvgIpc) is 2.87. The molecule has 0 aliphatic carbocycles. The molecule has 0 saturated heterocycles. The zero-order valence-electron chi connectivity index (χ0n) is 9.85. The first-order valence-electron chi connectivity index (χ1n) is 5.61. The number of rotatable bonds is 6. The van der Waals surface area contributed by atoms with E-state index >= 15 is 0 Å². The maximum atomic E-state index is 10.6. The van der Waals surface area contributed by atoms with Crippen LogP contribution in [0.25, 0.3) is 0 Å². The Morgan fingerprint density at radius 1 is 1.33 bits per heavy atom. The Bertz CT molecular complexity index is 509. The molecule has 0 atom stereocenters. The minimum absolute atomic E-state index is 0.111. The van der Waals surface area contributed by atoms with Gasteiger partial charge in [0.25, 0.3) is 5.91 Å². The third-order valence-electron chi connectivity index (χ3n) is 2.36. The highest BCUT2D eigenvalue weighted by atomic mass is 16.5. The molecule has 18 heavy (non-hydrogen) atoms. The van der Waals surface area contributed by atoms with Crippen molar-refractivity contribution in [2.45, 2.75) is 6.54 Å². The molecule has 0 fully saturated rings. The lowest BCUT2D eigenvalue weighted by molar-refractivity contribution is -0.119. The number of carbonyl (C=O) groups excluding carboxylic acids is 1. The van der Waals surface area contributed by atoms with Gasteiger partial charge in [-0.1, -0.05) is 6.07 Å². The monoisotopic (exact) mass is 245 g/mol. The van der Waals surface area contributed by atoms with Crippen LogP contribution >= 0.6 is 0 Å². The summed E-state index contributed by atoms with van der Waals surface area (Å²) in [6.45, 7) is 0.590. The Morgan fingerprint density at radius 2 is 2.22 bits per heavy atom. The molecular weight excluding hydrogens is 230 g/mol. The predicted molar refractivity (Wildman–Crippen MR) is 69.3 cm³/mol. The van der Waals surface area contributed by atoms with Crippen LogP contribution < -0.4 is 15.8 Å². The van der Waals surface area contributed by atoms with Crippen molar-refractivity contribution in [2.24, 2.45) is 5.73 Å². The summed E-state index contributed by atoms with van der Waals surface area (Å²) in [6, 6.07) is 11.3. The first-order valence-corrected chi connectivity index (χ1v) is 5.61. The van der Waals surface area contributed by atoms with E-state index in [4.69, 9.17) is 10.5 Å². The highest BCUT2D eigenvalue weighted by Gasteiger charge is 1.99. The molecule has 0 bridgehead atoms. The normalized spacial score (nSPS) is 10.0. The van der Waals surface area contributed by atoms with Crippen molar-refractivity contribution in [3.63, 3.8) is 0 Å². The van der Waals surface area contributed by atoms with Crippen LogP contribution in [0.15, 0.2) is 42.6 Å². The van der Waals surface area contributed by atoms with Gasteiger partial charge in [0.2, 0.25) is 0 Å². The molecule has 0 aliphatic heterocycles. The lowest BCUT2D eigenvalue weighted by Gasteiger charge is -2.08. The summed E-state index contributed by atoms with van der Waals surface area (Å²) in [5.41, 5.74) is 7.04.